The van der Waals surface area contributed by atoms with Crippen LogP contribution < -0.4 is 10.2 Å². The van der Waals surface area contributed by atoms with Gasteiger partial charge in [-0.3, -0.25) is 9.69 Å². The first kappa shape index (κ1) is 21.5. The number of aromatic amines is 1. The summed E-state index contributed by atoms with van der Waals surface area (Å²) >= 11 is 1.67. The summed E-state index contributed by atoms with van der Waals surface area (Å²) in [6.45, 7) is 6.20. The lowest BCUT2D eigenvalue weighted by Crippen LogP contribution is -2.49. The first-order valence-corrected chi connectivity index (χ1v) is 12.7. The van der Waals surface area contributed by atoms with Crippen LogP contribution in [0, 0.1) is 0 Å². The van der Waals surface area contributed by atoms with Crippen molar-refractivity contribution in [3.8, 4) is 0 Å². The third-order valence-corrected chi connectivity index (χ3v) is 7.87. The van der Waals surface area contributed by atoms with Crippen LogP contribution >= 0.6 is 11.3 Å². The van der Waals surface area contributed by atoms with E-state index in [1.165, 1.54) is 0 Å². The molecule has 2 aliphatic heterocycles. The van der Waals surface area contributed by atoms with Crippen molar-refractivity contribution in [1.29, 1.82) is 0 Å². The Labute approximate surface area is 201 Å². The maximum absolute atomic E-state index is 12.8. The van der Waals surface area contributed by atoms with Crippen LogP contribution in [0.15, 0.2) is 42.5 Å². The zero-order valence-corrected chi connectivity index (χ0v) is 19.8. The number of morpholine rings is 1. The van der Waals surface area contributed by atoms with Gasteiger partial charge in [-0.2, -0.15) is 0 Å². The summed E-state index contributed by atoms with van der Waals surface area (Å²) in [5, 5.41) is 4.03. The molecule has 2 aromatic carbocycles. The van der Waals surface area contributed by atoms with Crippen LogP contribution in [0.3, 0.4) is 0 Å². The van der Waals surface area contributed by atoms with Crippen LogP contribution in [0.25, 0.3) is 21.3 Å². The molecule has 0 saturated carbocycles. The lowest BCUT2D eigenvalue weighted by atomic mass is 10.0. The van der Waals surface area contributed by atoms with Crippen molar-refractivity contribution < 1.29 is 9.53 Å². The number of benzene rings is 2. The summed E-state index contributed by atoms with van der Waals surface area (Å²) in [5.41, 5.74) is 3.47. The number of H-pyrrole nitrogens is 1. The number of para-hydroxylation sites is 2. The van der Waals surface area contributed by atoms with Gasteiger partial charge in [-0.15, -0.1) is 0 Å². The van der Waals surface area contributed by atoms with Gasteiger partial charge in [0.05, 0.1) is 41.0 Å². The van der Waals surface area contributed by atoms with E-state index >= 15 is 0 Å². The number of nitrogens with one attached hydrogen (secondary N) is 2. The van der Waals surface area contributed by atoms with E-state index in [4.69, 9.17) is 9.72 Å². The molecule has 176 valence electrons. The van der Waals surface area contributed by atoms with Crippen molar-refractivity contribution in [3.63, 3.8) is 0 Å². The van der Waals surface area contributed by atoms with E-state index < -0.39 is 0 Å². The molecular formula is C25H28N6O2S. The number of carbonyl (C=O) groups excluding carboxylic acids is 1. The summed E-state index contributed by atoms with van der Waals surface area (Å²) in [6.07, 6.45) is 2.32. The SMILES string of the molecule is O=C(NCc1nc2ccccc2[nH]1)c1ccc2nc(N3CCC(N4CCOCC4)CC3)sc2c1. The number of imidazole rings is 1. The number of anilines is 1. The summed E-state index contributed by atoms with van der Waals surface area (Å²) in [5.74, 6) is 0.639. The number of thiazole rings is 1. The van der Waals surface area contributed by atoms with Crippen LogP contribution in [0.2, 0.25) is 0 Å². The highest BCUT2D eigenvalue weighted by Crippen LogP contribution is 2.32. The molecule has 2 aromatic heterocycles. The molecule has 2 fully saturated rings. The molecule has 6 rings (SSSR count). The lowest BCUT2D eigenvalue weighted by Gasteiger charge is -2.40. The third-order valence-electron chi connectivity index (χ3n) is 6.79. The van der Waals surface area contributed by atoms with E-state index in [1.54, 1.807) is 11.3 Å². The second-order valence-corrected chi connectivity index (χ2v) is 9.94. The van der Waals surface area contributed by atoms with E-state index in [0.29, 0.717) is 18.2 Å². The molecule has 2 aliphatic rings. The zero-order chi connectivity index (χ0) is 22.9. The second-order valence-electron chi connectivity index (χ2n) is 8.93. The maximum Gasteiger partial charge on any atom is 0.251 e. The molecule has 0 aliphatic carbocycles. The summed E-state index contributed by atoms with van der Waals surface area (Å²) < 4.78 is 6.54. The molecule has 4 aromatic rings. The Morgan fingerprint density at radius 2 is 1.88 bits per heavy atom. The van der Waals surface area contributed by atoms with Crippen LogP contribution in [0.1, 0.15) is 29.0 Å². The molecule has 8 nitrogen and oxygen atoms in total. The number of hydrogen-bond donors (Lipinski definition) is 2. The number of nitrogens with zero attached hydrogens (tertiary/aromatic N) is 4. The predicted molar refractivity (Wildman–Crippen MR) is 135 cm³/mol. The molecule has 2 saturated heterocycles. The standard InChI is InChI=1S/C25H28N6O2S/c32-24(26-16-23-27-19-3-1-2-4-20(19)28-23)17-5-6-21-22(15-17)34-25(29-21)31-9-7-18(8-10-31)30-11-13-33-14-12-30/h1-6,15,18H,7-14,16H2,(H,26,32)(H,27,28). The van der Waals surface area contributed by atoms with Crippen molar-refractivity contribution in [2.45, 2.75) is 25.4 Å². The van der Waals surface area contributed by atoms with Gasteiger partial charge < -0.3 is 19.9 Å². The molecule has 0 atom stereocenters. The van der Waals surface area contributed by atoms with Crippen molar-refractivity contribution in [3.05, 3.63) is 53.9 Å². The number of aromatic nitrogens is 3. The molecule has 1 amide bonds. The van der Waals surface area contributed by atoms with Gasteiger partial charge >= 0.3 is 0 Å². The highest BCUT2D eigenvalue weighted by molar-refractivity contribution is 7.22. The fraction of sp³-hybridized carbons (Fsp3) is 0.400. The van der Waals surface area contributed by atoms with Gasteiger partial charge in [0.1, 0.15) is 5.82 Å². The van der Waals surface area contributed by atoms with E-state index in [2.05, 4.69) is 25.1 Å². The van der Waals surface area contributed by atoms with E-state index in [9.17, 15) is 4.79 Å². The summed E-state index contributed by atoms with van der Waals surface area (Å²) in [4.78, 5) is 30.4. The first-order chi connectivity index (χ1) is 16.7. The smallest absolute Gasteiger partial charge is 0.251 e. The van der Waals surface area contributed by atoms with Gasteiger partial charge in [-0.05, 0) is 43.2 Å². The fourth-order valence-electron chi connectivity index (χ4n) is 4.91. The normalized spacial score (nSPS) is 18.1. The van der Waals surface area contributed by atoms with Crippen LogP contribution in [-0.4, -0.2) is 71.2 Å². The first-order valence-electron chi connectivity index (χ1n) is 11.9. The average molecular weight is 477 g/mol. The van der Waals surface area contributed by atoms with Crippen LogP contribution in [0.4, 0.5) is 5.13 Å². The molecule has 2 N–H and O–H groups in total. The van der Waals surface area contributed by atoms with Gasteiger partial charge in [0.25, 0.3) is 5.91 Å². The molecule has 0 unspecified atom stereocenters. The lowest BCUT2D eigenvalue weighted by molar-refractivity contribution is 0.0115. The largest absolute Gasteiger partial charge is 0.379 e. The maximum atomic E-state index is 12.8. The third kappa shape index (κ3) is 4.38. The van der Waals surface area contributed by atoms with Crippen molar-refractivity contribution >= 4 is 43.6 Å². The molecular weight excluding hydrogens is 448 g/mol. The Balaban J connectivity index is 1.09. The van der Waals surface area contributed by atoms with E-state index in [-0.39, 0.29) is 5.91 Å². The van der Waals surface area contributed by atoms with Gasteiger partial charge in [0, 0.05) is 37.8 Å². The Kier molecular flexibility index (Phi) is 5.90. The number of amides is 1. The fourth-order valence-corrected chi connectivity index (χ4v) is 5.97. The Morgan fingerprint density at radius 1 is 1.06 bits per heavy atom. The number of hydrogen-bond acceptors (Lipinski definition) is 7. The molecule has 9 heteroatoms. The van der Waals surface area contributed by atoms with Crippen LogP contribution in [-0.2, 0) is 11.3 Å². The number of fused-ring (bicyclic) bond motifs is 2. The van der Waals surface area contributed by atoms with E-state index in [1.807, 2.05) is 42.5 Å². The highest BCUT2D eigenvalue weighted by atomic mass is 32.1. The minimum Gasteiger partial charge on any atom is -0.379 e. The number of carbonyl (C=O) groups is 1. The van der Waals surface area contributed by atoms with Crippen molar-refractivity contribution in [2.24, 2.45) is 0 Å². The molecule has 0 bridgehead atoms. The second kappa shape index (κ2) is 9.32. The average Bonchev–Trinajstić information content (AvgIpc) is 3.51. The topological polar surface area (TPSA) is 86.4 Å². The Hall–Kier alpha value is -3.01. The molecule has 34 heavy (non-hydrogen) atoms. The zero-order valence-electron chi connectivity index (χ0n) is 19.0. The van der Waals surface area contributed by atoms with Crippen molar-refractivity contribution in [1.82, 2.24) is 25.2 Å². The highest BCUT2D eigenvalue weighted by Gasteiger charge is 2.27. The summed E-state index contributed by atoms with van der Waals surface area (Å²) in [6, 6.07) is 14.3. The minimum atomic E-state index is -0.108. The predicted octanol–water partition coefficient (Wildman–Crippen LogP) is 3.40. The Morgan fingerprint density at radius 3 is 2.71 bits per heavy atom. The van der Waals surface area contributed by atoms with Crippen molar-refractivity contribution in [2.75, 3.05) is 44.3 Å². The molecule has 4 heterocycles. The molecule has 0 radical (unpaired) electrons. The van der Waals surface area contributed by atoms with Gasteiger partial charge in [0.15, 0.2) is 5.13 Å². The van der Waals surface area contributed by atoms with Gasteiger partial charge in [-0.1, -0.05) is 23.5 Å². The van der Waals surface area contributed by atoms with Gasteiger partial charge in [0.2, 0.25) is 0 Å². The molecule has 0 spiro atoms. The quantitative estimate of drug-likeness (QED) is 0.459. The summed E-state index contributed by atoms with van der Waals surface area (Å²) in [7, 11) is 0. The van der Waals surface area contributed by atoms with Gasteiger partial charge in [-0.25, -0.2) is 9.97 Å². The number of rotatable bonds is 5. The minimum absolute atomic E-state index is 0.108. The number of piperidine rings is 1. The monoisotopic (exact) mass is 476 g/mol. The van der Waals surface area contributed by atoms with E-state index in [0.717, 1.165) is 84.4 Å². The van der Waals surface area contributed by atoms with Crippen LogP contribution in [0.5, 0.6) is 0 Å². The Bertz CT molecular complexity index is 1270. The number of ether oxygens (including phenoxy) is 1.